The molecule has 2 aliphatic heterocycles. The van der Waals surface area contributed by atoms with E-state index in [9.17, 15) is 20.0 Å². The number of hydrogen-bond donors (Lipinski definition) is 1. The van der Waals surface area contributed by atoms with Crippen molar-refractivity contribution < 1.29 is 28.2 Å². The van der Waals surface area contributed by atoms with Gasteiger partial charge in [-0.1, -0.05) is 75.5 Å². The molecule has 0 aliphatic carbocycles. The number of rotatable bonds is 9. The zero-order valence-electron chi connectivity index (χ0n) is 26.7. The van der Waals surface area contributed by atoms with Crippen LogP contribution in [0.3, 0.4) is 0 Å². The number of methoxy groups -OCH3 is 1. The molecule has 0 radical (unpaired) electrons. The van der Waals surface area contributed by atoms with Crippen LogP contribution in [0.5, 0.6) is 5.75 Å². The standard InChI is InChI=1S/C36H35Cl2F2N3O4/c1-6-7-11-29-42(21-13-14-22(34(45)46)27(17-21)47-5)33(44)32-30(23-9-8-10-25(38)31(23)40)36(19-41,24-15-12-20(37)16-26(24)39)28(43(29)32)18-35(2,3)4/h8-10,12-17,28-29H,6-7,11,18H2,1-5H3,(H,45,46)/t28-,29+,36-/m0/s1. The molecular formula is C36H35Cl2F2N3O4. The van der Waals surface area contributed by atoms with Crippen LogP contribution in [0.2, 0.25) is 10.0 Å². The molecule has 1 saturated heterocycles. The maximum Gasteiger partial charge on any atom is 0.339 e. The number of anilines is 1. The first-order chi connectivity index (χ1) is 22.2. The predicted molar refractivity (Wildman–Crippen MR) is 177 cm³/mol. The van der Waals surface area contributed by atoms with E-state index >= 15 is 8.78 Å². The molecule has 3 aromatic carbocycles. The Balaban J connectivity index is 1.92. The highest BCUT2D eigenvalue weighted by Gasteiger charge is 2.63. The lowest BCUT2D eigenvalue weighted by molar-refractivity contribution is -0.114. The van der Waals surface area contributed by atoms with Gasteiger partial charge in [-0.25, -0.2) is 13.6 Å². The minimum Gasteiger partial charge on any atom is -0.496 e. The van der Waals surface area contributed by atoms with E-state index in [-0.39, 0.29) is 43.8 Å². The van der Waals surface area contributed by atoms with Crippen molar-refractivity contribution in [2.24, 2.45) is 5.41 Å². The highest BCUT2D eigenvalue weighted by atomic mass is 35.5. The molecule has 11 heteroatoms. The number of hydrogen-bond acceptors (Lipinski definition) is 5. The molecule has 2 heterocycles. The Morgan fingerprint density at radius 3 is 2.45 bits per heavy atom. The van der Waals surface area contributed by atoms with Crippen molar-refractivity contribution in [2.45, 2.75) is 71.0 Å². The molecule has 3 atom stereocenters. The van der Waals surface area contributed by atoms with Crippen molar-refractivity contribution >= 4 is 46.3 Å². The van der Waals surface area contributed by atoms with E-state index in [1.165, 1.54) is 60.5 Å². The maximum absolute atomic E-state index is 16.2. The summed E-state index contributed by atoms with van der Waals surface area (Å²) in [5.74, 6) is -3.29. The summed E-state index contributed by atoms with van der Waals surface area (Å²) in [4.78, 5) is 30.2. The van der Waals surface area contributed by atoms with Gasteiger partial charge in [0.05, 0.1) is 24.2 Å². The van der Waals surface area contributed by atoms with Gasteiger partial charge in [0, 0.05) is 33.5 Å². The van der Waals surface area contributed by atoms with Crippen LogP contribution >= 0.6 is 23.2 Å². The first-order valence-corrected chi connectivity index (χ1v) is 16.1. The molecule has 0 spiro atoms. The molecule has 0 unspecified atom stereocenters. The molecule has 0 aromatic heterocycles. The number of unbranched alkanes of at least 4 members (excludes halogenated alkanes) is 1. The van der Waals surface area contributed by atoms with Gasteiger partial charge in [-0.05, 0) is 55.0 Å². The number of carbonyl (C=O) groups is 2. The number of benzene rings is 3. The fraction of sp³-hybridized carbons (Fsp3) is 0.361. The highest BCUT2D eigenvalue weighted by molar-refractivity contribution is 6.31. The van der Waals surface area contributed by atoms with Gasteiger partial charge in [0.2, 0.25) is 0 Å². The van der Waals surface area contributed by atoms with Crippen LogP contribution < -0.4 is 9.64 Å². The van der Waals surface area contributed by atoms with Crippen molar-refractivity contribution in [1.82, 2.24) is 4.90 Å². The summed E-state index contributed by atoms with van der Waals surface area (Å²) in [5.41, 5.74) is -2.08. The third-order valence-electron chi connectivity index (χ3n) is 8.83. The van der Waals surface area contributed by atoms with Crippen LogP contribution in [0.1, 0.15) is 74.9 Å². The van der Waals surface area contributed by atoms with Crippen LogP contribution in [0.4, 0.5) is 14.5 Å². The van der Waals surface area contributed by atoms with Gasteiger partial charge in [-0.15, -0.1) is 0 Å². The molecule has 47 heavy (non-hydrogen) atoms. The normalized spacial score (nSPS) is 20.9. The van der Waals surface area contributed by atoms with E-state index in [2.05, 4.69) is 6.07 Å². The molecule has 0 bridgehead atoms. The largest absolute Gasteiger partial charge is 0.496 e. The van der Waals surface area contributed by atoms with Crippen molar-refractivity contribution in [3.63, 3.8) is 0 Å². The van der Waals surface area contributed by atoms with Gasteiger partial charge < -0.3 is 14.7 Å². The number of amides is 1. The summed E-state index contributed by atoms with van der Waals surface area (Å²) >= 11 is 12.5. The zero-order valence-corrected chi connectivity index (χ0v) is 28.2. The van der Waals surface area contributed by atoms with Gasteiger partial charge in [-0.3, -0.25) is 9.69 Å². The number of ether oxygens (including phenoxy) is 1. The number of halogens is 4. The van der Waals surface area contributed by atoms with E-state index in [0.29, 0.717) is 24.9 Å². The Bertz CT molecular complexity index is 1830. The molecule has 0 saturated carbocycles. The molecule has 246 valence electrons. The Morgan fingerprint density at radius 1 is 1.13 bits per heavy atom. The quantitative estimate of drug-likeness (QED) is 0.243. The highest BCUT2D eigenvalue weighted by Crippen LogP contribution is 2.59. The Hall–Kier alpha value is -4.13. The Morgan fingerprint density at radius 2 is 1.85 bits per heavy atom. The fourth-order valence-electron chi connectivity index (χ4n) is 6.93. The predicted octanol–water partition coefficient (Wildman–Crippen LogP) is 8.83. The summed E-state index contributed by atoms with van der Waals surface area (Å²) < 4.78 is 37.7. The van der Waals surface area contributed by atoms with Gasteiger partial charge >= 0.3 is 5.97 Å². The van der Waals surface area contributed by atoms with Crippen molar-refractivity contribution in [1.29, 1.82) is 5.26 Å². The van der Waals surface area contributed by atoms with E-state index in [4.69, 9.17) is 27.9 Å². The third kappa shape index (κ3) is 5.72. The molecule has 7 nitrogen and oxygen atoms in total. The number of carbonyl (C=O) groups excluding carboxylic acids is 1. The van der Waals surface area contributed by atoms with Crippen molar-refractivity contribution in [3.05, 3.63) is 98.7 Å². The number of aromatic carboxylic acids is 1. The smallest absolute Gasteiger partial charge is 0.339 e. The van der Waals surface area contributed by atoms with E-state index in [0.717, 1.165) is 12.5 Å². The minimum atomic E-state index is -1.86. The van der Waals surface area contributed by atoms with Crippen LogP contribution in [0.15, 0.2) is 60.3 Å². The van der Waals surface area contributed by atoms with Gasteiger partial charge in [0.1, 0.15) is 40.2 Å². The summed E-state index contributed by atoms with van der Waals surface area (Å²) in [5, 5.41) is 20.9. The minimum absolute atomic E-state index is 0.0126. The van der Waals surface area contributed by atoms with Gasteiger partial charge in [-0.2, -0.15) is 5.26 Å². The van der Waals surface area contributed by atoms with E-state index in [1.54, 1.807) is 0 Å². The fourth-order valence-corrected chi connectivity index (χ4v) is 7.26. The second-order valence-corrected chi connectivity index (χ2v) is 13.9. The van der Waals surface area contributed by atoms with Crippen LogP contribution in [-0.4, -0.2) is 41.2 Å². The lowest BCUT2D eigenvalue weighted by atomic mass is 9.65. The number of carboxylic acid groups (broad SMARTS) is 1. The van der Waals surface area contributed by atoms with Crippen molar-refractivity contribution in [2.75, 3.05) is 12.0 Å². The molecule has 2 aliphatic rings. The third-order valence-corrected chi connectivity index (χ3v) is 9.36. The van der Waals surface area contributed by atoms with E-state index < -0.39 is 46.5 Å². The molecule has 5 rings (SSSR count). The van der Waals surface area contributed by atoms with E-state index in [1.807, 2.05) is 32.6 Å². The van der Waals surface area contributed by atoms with Crippen LogP contribution in [0, 0.1) is 28.4 Å². The number of nitriles is 1. The lowest BCUT2D eigenvalue weighted by Gasteiger charge is -2.43. The first kappa shape index (κ1) is 34.2. The first-order valence-electron chi connectivity index (χ1n) is 15.3. The molecule has 1 N–H and O–H groups in total. The number of carboxylic acids is 1. The number of fused-ring (bicyclic) bond motifs is 1. The zero-order chi connectivity index (χ0) is 34.4. The van der Waals surface area contributed by atoms with Crippen LogP contribution in [0.25, 0.3) is 5.57 Å². The monoisotopic (exact) mass is 681 g/mol. The molecule has 3 aromatic rings. The second kappa shape index (κ2) is 12.8. The van der Waals surface area contributed by atoms with Gasteiger partial charge in [0.25, 0.3) is 5.91 Å². The second-order valence-electron chi connectivity index (χ2n) is 13.0. The topological polar surface area (TPSA) is 93.9 Å². The Labute approximate surface area is 282 Å². The molecular weight excluding hydrogens is 647 g/mol. The van der Waals surface area contributed by atoms with Crippen molar-refractivity contribution in [3.8, 4) is 11.8 Å². The molecule has 1 amide bonds. The average molecular weight is 683 g/mol. The Kier molecular flexibility index (Phi) is 9.33. The summed E-state index contributed by atoms with van der Waals surface area (Å²) in [6.45, 7) is 7.96. The lowest BCUT2D eigenvalue weighted by Crippen LogP contribution is -2.52. The summed E-state index contributed by atoms with van der Waals surface area (Å²) in [6.07, 6.45) is 1.53. The SMILES string of the molecule is CCCC[C@@H]1N(c2ccc(C(=O)O)c(OC)c2)C(=O)C2=C(c3cccc(Cl)c3F)[C@@](C#N)(c3ccc(Cl)cc3F)[C@H](CC(C)(C)C)N21. The number of nitrogens with zero attached hydrogens (tertiary/aromatic N) is 3. The summed E-state index contributed by atoms with van der Waals surface area (Å²) in [6, 6.07) is 14.3. The van der Waals surface area contributed by atoms with Gasteiger partial charge in [0.15, 0.2) is 0 Å². The summed E-state index contributed by atoms with van der Waals surface area (Å²) in [7, 11) is 1.34. The molecule has 1 fully saturated rings. The maximum atomic E-state index is 16.2. The van der Waals surface area contributed by atoms with Crippen LogP contribution in [-0.2, 0) is 10.2 Å². The average Bonchev–Trinajstić information content (AvgIpc) is 3.45.